The summed E-state index contributed by atoms with van der Waals surface area (Å²) in [5.74, 6) is 1.45. The van der Waals surface area contributed by atoms with Crippen LogP contribution in [0.25, 0.3) is 0 Å². The average molecular weight is 349 g/mol. The number of sulfonamides is 1. The molecule has 0 saturated carbocycles. The summed E-state index contributed by atoms with van der Waals surface area (Å²) in [4.78, 5) is 0.262. The predicted molar refractivity (Wildman–Crippen MR) is 94.0 cm³/mol. The van der Waals surface area contributed by atoms with Crippen molar-refractivity contribution in [1.29, 1.82) is 0 Å². The van der Waals surface area contributed by atoms with Crippen LogP contribution in [0.15, 0.2) is 59.5 Å². The minimum absolute atomic E-state index is 0.262. The van der Waals surface area contributed by atoms with Crippen LogP contribution in [0.5, 0.6) is 11.5 Å². The van der Waals surface area contributed by atoms with Gasteiger partial charge in [0.1, 0.15) is 11.5 Å². The fourth-order valence-corrected chi connectivity index (χ4v) is 3.38. The summed E-state index contributed by atoms with van der Waals surface area (Å²) in [5.41, 5.74) is 0. The summed E-state index contributed by atoms with van der Waals surface area (Å²) in [7, 11) is -1.92. The lowest BCUT2D eigenvalue weighted by atomic mass is 10.3. The Morgan fingerprint density at radius 1 is 0.917 bits per heavy atom. The molecule has 0 saturated heterocycles. The highest BCUT2D eigenvalue weighted by Gasteiger charge is 2.20. The van der Waals surface area contributed by atoms with Crippen molar-refractivity contribution in [2.45, 2.75) is 18.2 Å². The van der Waals surface area contributed by atoms with E-state index in [4.69, 9.17) is 9.47 Å². The molecule has 0 amide bonds. The van der Waals surface area contributed by atoms with Crippen molar-refractivity contribution in [3.8, 4) is 11.5 Å². The van der Waals surface area contributed by atoms with Gasteiger partial charge in [-0.05, 0) is 49.7 Å². The fraction of sp³-hybridized carbons (Fsp3) is 0.333. The minimum atomic E-state index is -3.49. The standard InChI is InChI=1S/C18H23NO4S/c1-3-22-17-10-12-18(13-11-17)24(20,21)19(2)14-7-15-23-16-8-5-4-6-9-16/h4-6,8-13H,3,7,14-15H2,1-2H3. The van der Waals surface area contributed by atoms with Gasteiger partial charge in [0.25, 0.3) is 0 Å². The van der Waals surface area contributed by atoms with Gasteiger partial charge in [-0.25, -0.2) is 12.7 Å². The van der Waals surface area contributed by atoms with Gasteiger partial charge >= 0.3 is 0 Å². The van der Waals surface area contributed by atoms with Gasteiger partial charge in [0, 0.05) is 13.6 Å². The third-order valence-electron chi connectivity index (χ3n) is 3.47. The van der Waals surface area contributed by atoms with E-state index in [0.717, 1.165) is 5.75 Å². The highest BCUT2D eigenvalue weighted by molar-refractivity contribution is 7.89. The van der Waals surface area contributed by atoms with E-state index < -0.39 is 10.0 Å². The van der Waals surface area contributed by atoms with Crippen molar-refractivity contribution in [3.63, 3.8) is 0 Å². The predicted octanol–water partition coefficient (Wildman–Crippen LogP) is 3.17. The maximum absolute atomic E-state index is 12.5. The molecular formula is C18H23NO4S. The van der Waals surface area contributed by atoms with Crippen LogP contribution in [0, 0.1) is 0 Å². The summed E-state index contributed by atoms with van der Waals surface area (Å²) < 4.78 is 37.3. The van der Waals surface area contributed by atoms with Gasteiger partial charge in [-0.15, -0.1) is 0 Å². The van der Waals surface area contributed by atoms with Crippen LogP contribution >= 0.6 is 0 Å². The summed E-state index contributed by atoms with van der Waals surface area (Å²) in [5, 5.41) is 0. The van der Waals surface area contributed by atoms with Gasteiger partial charge < -0.3 is 9.47 Å². The van der Waals surface area contributed by atoms with E-state index in [1.165, 1.54) is 4.31 Å². The van der Waals surface area contributed by atoms with Crippen LogP contribution in [0.3, 0.4) is 0 Å². The first-order chi connectivity index (χ1) is 11.5. The van der Waals surface area contributed by atoms with Crippen molar-refractivity contribution in [2.75, 3.05) is 26.8 Å². The Kier molecular flexibility index (Phi) is 6.63. The Morgan fingerprint density at radius 2 is 1.54 bits per heavy atom. The van der Waals surface area contributed by atoms with E-state index in [2.05, 4.69) is 0 Å². The molecule has 24 heavy (non-hydrogen) atoms. The summed E-state index contributed by atoms with van der Waals surface area (Å²) in [6, 6.07) is 15.9. The van der Waals surface area contributed by atoms with Crippen LogP contribution < -0.4 is 9.47 Å². The van der Waals surface area contributed by atoms with E-state index in [0.29, 0.717) is 31.9 Å². The third-order valence-corrected chi connectivity index (χ3v) is 5.34. The second kappa shape index (κ2) is 8.70. The monoisotopic (exact) mass is 349 g/mol. The van der Waals surface area contributed by atoms with Gasteiger partial charge in [0.15, 0.2) is 0 Å². The molecule has 0 bridgehead atoms. The smallest absolute Gasteiger partial charge is 0.242 e. The molecule has 0 atom stereocenters. The maximum atomic E-state index is 12.5. The van der Waals surface area contributed by atoms with E-state index in [1.54, 1.807) is 31.3 Å². The molecule has 0 aliphatic heterocycles. The van der Waals surface area contributed by atoms with Crippen molar-refractivity contribution in [2.24, 2.45) is 0 Å². The van der Waals surface area contributed by atoms with E-state index in [-0.39, 0.29) is 4.90 Å². The molecule has 0 aliphatic carbocycles. The molecule has 0 aromatic heterocycles. The Balaban J connectivity index is 1.86. The van der Waals surface area contributed by atoms with E-state index in [1.807, 2.05) is 37.3 Å². The van der Waals surface area contributed by atoms with Crippen molar-refractivity contribution in [1.82, 2.24) is 4.31 Å². The molecule has 2 rings (SSSR count). The zero-order valence-electron chi connectivity index (χ0n) is 14.0. The SMILES string of the molecule is CCOc1ccc(S(=O)(=O)N(C)CCCOc2ccccc2)cc1. The second-order valence-electron chi connectivity index (χ2n) is 5.25. The van der Waals surface area contributed by atoms with Crippen LogP contribution in [-0.2, 0) is 10.0 Å². The molecule has 130 valence electrons. The zero-order valence-corrected chi connectivity index (χ0v) is 14.8. The van der Waals surface area contributed by atoms with Gasteiger partial charge in [0.05, 0.1) is 18.1 Å². The normalized spacial score (nSPS) is 11.5. The largest absolute Gasteiger partial charge is 0.494 e. The maximum Gasteiger partial charge on any atom is 0.242 e. The van der Waals surface area contributed by atoms with E-state index >= 15 is 0 Å². The molecular weight excluding hydrogens is 326 g/mol. The Labute approximate surface area is 143 Å². The Morgan fingerprint density at radius 3 is 2.17 bits per heavy atom. The van der Waals surface area contributed by atoms with Gasteiger partial charge in [0.2, 0.25) is 10.0 Å². The van der Waals surface area contributed by atoms with Crippen LogP contribution in [0.1, 0.15) is 13.3 Å². The quantitative estimate of drug-likeness (QED) is 0.653. The van der Waals surface area contributed by atoms with Crippen LogP contribution in [0.4, 0.5) is 0 Å². The number of ether oxygens (including phenoxy) is 2. The van der Waals surface area contributed by atoms with Gasteiger partial charge in [-0.2, -0.15) is 0 Å². The number of para-hydroxylation sites is 1. The lowest BCUT2D eigenvalue weighted by Crippen LogP contribution is -2.28. The van der Waals surface area contributed by atoms with Gasteiger partial charge in [-0.3, -0.25) is 0 Å². The fourth-order valence-electron chi connectivity index (χ4n) is 2.17. The first kappa shape index (κ1) is 18.3. The number of benzene rings is 2. The van der Waals surface area contributed by atoms with Crippen molar-refractivity contribution in [3.05, 3.63) is 54.6 Å². The van der Waals surface area contributed by atoms with Gasteiger partial charge in [-0.1, -0.05) is 18.2 Å². The molecule has 6 heteroatoms. The first-order valence-corrected chi connectivity index (χ1v) is 9.35. The molecule has 0 fully saturated rings. The summed E-state index contributed by atoms with van der Waals surface area (Å²) in [6.07, 6.45) is 0.613. The second-order valence-corrected chi connectivity index (χ2v) is 7.29. The highest BCUT2D eigenvalue weighted by atomic mass is 32.2. The molecule has 0 radical (unpaired) electrons. The molecule has 0 N–H and O–H groups in total. The number of rotatable bonds is 9. The summed E-state index contributed by atoms with van der Waals surface area (Å²) in [6.45, 7) is 3.29. The lowest BCUT2D eigenvalue weighted by Gasteiger charge is -2.17. The first-order valence-electron chi connectivity index (χ1n) is 7.91. The summed E-state index contributed by atoms with van der Waals surface area (Å²) >= 11 is 0. The highest BCUT2D eigenvalue weighted by Crippen LogP contribution is 2.19. The topological polar surface area (TPSA) is 55.8 Å². The Bertz CT molecular complexity index is 714. The molecule has 5 nitrogen and oxygen atoms in total. The minimum Gasteiger partial charge on any atom is -0.494 e. The number of hydrogen-bond acceptors (Lipinski definition) is 4. The lowest BCUT2D eigenvalue weighted by molar-refractivity contribution is 0.296. The molecule has 0 heterocycles. The number of hydrogen-bond donors (Lipinski definition) is 0. The number of nitrogens with zero attached hydrogens (tertiary/aromatic N) is 1. The molecule has 2 aromatic rings. The van der Waals surface area contributed by atoms with Crippen LogP contribution in [0.2, 0.25) is 0 Å². The zero-order chi connectivity index (χ0) is 17.4. The third kappa shape index (κ3) is 4.97. The molecule has 0 aliphatic rings. The average Bonchev–Trinajstić information content (AvgIpc) is 2.60. The van der Waals surface area contributed by atoms with E-state index in [9.17, 15) is 8.42 Å². The molecule has 0 unspecified atom stereocenters. The van der Waals surface area contributed by atoms with Crippen molar-refractivity contribution >= 4 is 10.0 Å². The van der Waals surface area contributed by atoms with Crippen molar-refractivity contribution < 1.29 is 17.9 Å². The van der Waals surface area contributed by atoms with Crippen LogP contribution in [-0.4, -0.2) is 39.5 Å². The Hall–Kier alpha value is -2.05. The molecule has 0 spiro atoms. The molecule has 2 aromatic carbocycles.